The third-order valence-electron chi connectivity index (χ3n) is 1.96. The van der Waals surface area contributed by atoms with Gasteiger partial charge in [-0.1, -0.05) is 13.8 Å². The van der Waals surface area contributed by atoms with E-state index in [1.54, 1.807) is 41.5 Å². The average molecular weight is 315 g/mol. The van der Waals surface area contributed by atoms with Gasteiger partial charge in [0.15, 0.2) is 0 Å². The fourth-order valence-electron chi connectivity index (χ4n) is 1.46. The van der Waals surface area contributed by atoms with Gasteiger partial charge < -0.3 is 13.8 Å². The van der Waals surface area contributed by atoms with Gasteiger partial charge in [0.25, 0.3) is 0 Å². The Morgan fingerprint density at radius 2 is 1.47 bits per heavy atom. The Morgan fingerprint density at radius 3 is 1.74 bits per heavy atom. The van der Waals surface area contributed by atoms with Gasteiger partial charge in [0.05, 0.1) is 12.2 Å². The van der Waals surface area contributed by atoms with E-state index in [-0.39, 0.29) is 24.0 Å². The maximum atomic E-state index is 12.9. The van der Waals surface area contributed by atoms with Crippen LogP contribution in [-0.2, 0) is 23.1 Å². The van der Waals surface area contributed by atoms with Gasteiger partial charge in [-0.25, -0.2) is 0 Å². The molecule has 0 aromatic rings. The minimum atomic E-state index is -3.57. The summed E-state index contributed by atoms with van der Waals surface area (Å²) in [6, 6.07) is 0. The highest BCUT2D eigenvalue weighted by Crippen LogP contribution is 2.57. The van der Waals surface area contributed by atoms with Crippen LogP contribution < -0.4 is 0 Å². The Kier molecular flexibility index (Phi) is 8.21. The lowest BCUT2D eigenvalue weighted by molar-refractivity contribution is -0.145. The fraction of sp³-hybridized carbons (Fsp3) is 0.917. The molecule has 0 aromatic heterocycles. The maximum Gasteiger partial charge on any atom is 0.371 e. The molecule has 0 saturated carbocycles. The predicted octanol–water partition coefficient (Wildman–Crippen LogP) is 3.79. The second-order valence-electron chi connectivity index (χ2n) is 5.11. The first-order valence-electron chi connectivity index (χ1n) is 6.34. The summed E-state index contributed by atoms with van der Waals surface area (Å²) in [4.78, 5) is 11.4. The summed E-state index contributed by atoms with van der Waals surface area (Å²) in [6.07, 6.45) is -0.610. The number of esters is 1. The summed E-state index contributed by atoms with van der Waals surface area (Å²) >= 11 is 5.42. The van der Waals surface area contributed by atoms with Crippen molar-refractivity contribution in [3.8, 4) is 0 Å². The number of hydrogen-bond acceptors (Lipinski definition) is 5. The topological polar surface area (TPSA) is 61.8 Å². The first-order valence-corrected chi connectivity index (χ1v) is 8.49. The molecule has 114 valence electrons. The third kappa shape index (κ3) is 6.75. The summed E-state index contributed by atoms with van der Waals surface area (Å²) in [5.74, 6) is -2.11. The van der Waals surface area contributed by atoms with Gasteiger partial charge >= 0.3 is 13.6 Å². The van der Waals surface area contributed by atoms with E-state index in [4.69, 9.17) is 25.4 Å². The first-order chi connectivity index (χ1) is 8.62. The van der Waals surface area contributed by atoms with Gasteiger partial charge in [-0.15, -0.1) is 11.6 Å². The molecular formula is C12H24ClO5P. The summed E-state index contributed by atoms with van der Waals surface area (Å²) in [5, 5.41) is 0. The van der Waals surface area contributed by atoms with Crippen LogP contribution in [0.2, 0.25) is 0 Å². The van der Waals surface area contributed by atoms with Gasteiger partial charge in [0.1, 0.15) is 5.88 Å². The highest BCUT2D eigenvalue weighted by Gasteiger charge is 2.42. The number of alkyl halides is 1. The third-order valence-corrected chi connectivity index (χ3v) is 4.93. The molecule has 0 aliphatic carbocycles. The van der Waals surface area contributed by atoms with Crippen molar-refractivity contribution >= 4 is 25.2 Å². The summed E-state index contributed by atoms with van der Waals surface area (Å²) in [5.41, 5.74) is 0. The predicted molar refractivity (Wildman–Crippen MR) is 75.5 cm³/mol. The van der Waals surface area contributed by atoms with Crippen LogP contribution in [0.3, 0.4) is 0 Å². The Labute approximate surface area is 120 Å². The van der Waals surface area contributed by atoms with E-state index in [0.717, 1.165) is 0 Å². The van der Waals surface area contributed by atoms with E-state index in [9.17, 15) is 9.36 Å². The van der Waals surface area contributed by atoms with Crippen LogP contribution in [0, 0.1) is 5.92 Å². The van der Waals surface area contributed by atoms with Crippen LogP contribution in [0.25, 0.3) is 0 Å². The van der Waals surface area contributed by atoms with Crippen molar-refractivity contribution in [2.45, 2.75) is 59.6 Å². The molecule has 0 spiro atoms. The lowest BCUT2D eigenvalue weighted by Crippen LogP contribution is -2.28. The molecular weight excluding hydrogens is 291 g/mol. The molecule has 0 N–H and O–H groups in total. The molecule has 0 aliphatic heterocycles. The highest BCUT2D eigenvalue weighted by molar-refractivity contribution is 7.54. The Bertz CT molecular complexity index is 316. The molecule has 0 fully saturated rings. The monoisotopic (exact) mass is 314 g/mol. The van der Waals surface area contributed by atoms with Crippen LogP contribution in [0.1, 0.15) is 41.5 Å². The molecule has 0 aromatic carbocycles. The van der Waals surface area contributed by atoms with Crippen LogP contribution in [-0.4, -0.2) is 29.9 Å². The zero-order valence-electron chi connectivity index (χ0n) is 12.4. The standard InChI is InChI=1S/C12H24ClO5P/c1-8(2)12(16-11(14)7-13)19(15,17-9(3)4)18-10(5)6/h8-10,12H,7H2,1-6H3. The van der Waals surface area contributed by atoms with Gasteiger partial charge in [-0.2, -0.15) is 0 Å². The van der Waals surface area contributed by atoms with Crippen molar-refractivity contribution in [1.82, 2.24) is 0 Å². The normalized spacial score (nSPS) is 14.2. The molecule has 7 heteroatoms. The maximum absolute atomic E-state index is 12.9. The molecule has 0 rings (SSSR count). The minimum Gasteiger partial charge on any atom is -0.448 e. The second kappa shape index (κ2) is 8.25. The molecule has 0 bridgehead atoms. The zero-order valence-corrected chi connectivity index (χ0v) is 14.0. The zero-order chi connectivity index (χ0) is 15.2. The number of carbonyl (C=O) groups excluding carboxylic acids is 1. The van der Waals surface area contributed by atoms with E-state index in [2.05, 4.69) is 0 Å². The van der Waals surface area contributed by atoms with Crippen LogP contribution in [0.15, 0.2) is 0 Å². The van der Waals surface area contributed by atoms with Gasteiger partial charge in [0, 0.05) is 5.92 Å². The van der Waals surface area contributed by atoms with Crippen molar-refractivity contribution in [3.05, 3.63) is 0 Å². The molecule has 0 heterocycles. The number of halogens is 1. The Hall–Kier alpha value is -0.0900. The number of hydrogen-bond donors (Lipinski definition) is 0. The molecule has 1 unspecified atom stereocenters. The molecule has 19 heavy (non-hydrogen) atoms. The van der Waals surface area contributed by atoms with Crippen molar-refractivity contribution in [2.75, 3.05) is 5.88 Å². The first kappa shape index (κ1) is 18.9. The summed E-state index contributed by atoms with van der Waals surface area (Å²) in [7, 11) is -3.57. The molecule has 0 aliphatic rings. The van der Waals surface area contributed by atoms with Gasteiger partial charge in [0.2, 0.25) is 5.85 Å². The lowest BCUT2D eigenvalue weighted by Gasteiger charge is -2.31. The number of rotatable bonds is 8. The number of carbonyl (C=O) groups is 1. The second-order valence-corrected chi connectivity index (χ2v) is 7.38. The van der Waals surface area contributed by atoms with E-state index >= 15 is 0 Å². The number of ether oxygens (including phenoxy) is 1. The SMILES string of the molecule is CC(C)OP(=O)(OC(C)C)C(OC(=O)CCl)C(C)C. The van der Waals surface area contributed by atoms with E-state index < -0.39 is 19.4 Å². The lowest BCUT2D eigenvalue weighted by atomic mass is 10.2. The van der Waals surface area contributed by atoms with Crippen LogP contribution in [0.5, 0.6) is 0 Å². The van der Waals surface area contributed by atoms with Crippen LogP contribution in [0.4, 0.5) is 0 Å². The van der Waals surface area contributed by atoms with Crippen LogP contribution >= 0.6 is 19.2 Å². The van der Waals surface area contributed by atoms with Crippen molar-refractivity contribution in [2.24, 2.45) is 5.92 Å². The summed E-state index contributed by atoms with van der Waals surface area (Å²) in [6.45, 7) is 10.6. The fourth-order valence-corrected chi connectivity index (χ4v) is 3.97. The van der Waals surface area contributed by atoms with E-state index in [1.165, 1.54) is 0 Å². The van der Waals surface area contributed by atoms with E-state index in [0.29, 0.717) is 0 Å². The molecule has 0 saturated heterocycles. The minimum absolute atomic E-state index is 0.213. The van der Waals surface area contributed by atoms with Crippen molar-refractivity contribution < 1.29 is 23.1 Å². The largest absolute Gasteiger partial charge is 0.448 e. The molecule has 0 amide bonds. The van der Waals surface area contributed by atoms with Gasteiger partial charge in [-0.05, 0) is 27.7 Å². The Morgan fingerprint density at radius 1 is 1.05 bits per heavy atom. The molecule has 5 nitrogen and oxygen atoms in total. The van der Waals surface area contributed by atoms with E-state index in [1.807, 2.05) is 0 Å². The quantitative estimate of drug-likeness (QED) is 0.387. The Balaban J connectivity index is 5.24. The highest BCUT2D eigenvalue weighted by atomic mass is 35.5. The molecule has 0 radical (unpaired) electrons. The van der Waals surface area contributed by atoms with Crippen molar-refractivity contribution in [1.29, 1.82) is 0 Å². The summed E-state index contributed by atoms with van der Waals surface area (Å²) < 4.78 is 28.9. The molecule has 1 atom stereocenters. The smallest absolute Gasteiger partial charge is 0.371 e. The van der Waals surface area contributed by atoms with Crippen molar-refractivity contribution in [3.63, 3.8) is 0 Å². The van der Waals surface area contributed by atoms with Gasteiger partial charge in [-0.3, -0.25) is 9.36 Å². The average Bonchev–Trinajstić information content (AvgIpc) is 2.22.